The van der Waals surface area contributed by atoms with Gasteiger partial charge >= 0.3 is 0 Å². The van der Waals surface area contributed by atoms with E-state index in [9.17, 15) is 9.59 Å². The molecule has 3 N–H and O–H groups in total. The fourth-order valence-electron chi connectivity index (χ4n) is 2.64. The van der Waals surface area contributed by atoms with Gasteiger partial charge in [-0.1, -0.05) is 30.3 Å². The highest BCUT2D eigenvalue weighted by Crippen LogP contribution is 2.36. The molecular formula is C18H21N3O2S. The molecule has 0 bridgehead atoms. The van der Waals surface area contributed by atoms with Gasteiger partial charge in [0.1, 0.15) is 0 Å². The highest BCUT2D eigenvalue weighted by atomic mass is 32.2. The summed E-state index contributed by atoms with van der Waals surface area (Å²) in [5.74, 6) is 0.156. The van der Waals surface area contributed by atoms with Crippen LogP contribution < -0.4 is 16.0 Å². The fraction of sp³-hybridized carbons (Fsp3) is 0.333. The van der Waals surface area contributed by atoms with Crippen LogP contribution in [0.3, 0.4) is 0 Å². The second-order valence-electron chi connectivity index (χ2n) is 5.79. The van der Waals surface area contributed by atoms with Crippen molar-refractivity contribution in [1.82, 2.24) is 16.0 Å². The second-order valence-corrected chi connectivity index (χ2v) is 7.09. The van der Waals surface area contributed by atoms with E-state index in [1.165, 1.54) is 0 Å². The molecular weight excluding hydrogens is 322 g/mol. The van der Waals surface area contributed by atoms with Crippen molar-refractivity contribution >= 4 is 23.5 Å². The normalized spacial score (nSPS) is 19.2. The van der Waals surface area contributed by atoms with Gasteiger partial charge in [0.15, 0.2) is 5.78 Å². The number of nitrogens with one attached hydrogen (secondary N) is 3. The predicted molar refractivity (Wildman–Crippen MR) is 96.1 cm³/mol. The van der Waals surface area contributed by atoms with Crippen molar-refractivity contribution in [3.05, 3.63) is 58.6 Å². The van der Waals surface area contributed by atoms with Gasteiger partial charge in [-0.05, 0) is 24.1 Å². The number of carbonyl (C=O) groups is 2. The van der Waals surface area contributed by atoms with E-state index >= 15 is 0 Å². The molecule has 0 radical (unpaired) electrons. The number of allylic oxidation sites excluding steroid dienone is 3. The molecule has 3 rings (SSSR count). The minimum absolute atomic E-state index is 0.00160. The van der Waals surface area contributed by atoms with Crippen LogP contribution in [0.25, 0.3) is 0 Å². The Morgan fingerprint density at radius 2 is 2.08 bits per heavy atom. The third-order valence-corrected chi connectivity index (χ3v) is 5.15. The molecule has 0 saturated heterocycles. The largest absolute Gasteiger partial charge is 0.372 e. The number of hydrogen-bond acceptors (Lipinski definition) is 5. The molecule has 126 valence electrons. The molecule has 24 heavy (non-hydrogen) atoms. The van der Waals surface area contributed by atoms with Crippen LogP contribution in [0, 0.1) is 0 Å². The van der Waals surface area contributed by atoms with Crippen molar-refractivity contribution in [2.45, 2.75) is 24.8 Å². The lowest BCUT2D eigenvalue weighted by atomic mass is 10.1. The average molecular weight is 343 g/mol. The van der Waals surface area contributed by atoms with E-state index in [2.05, 4.69) is 16.0 Å². The summed E-state index contributed by atoms with van der Waals surface area (Å²) in [5.41, 5.74) is 2.22. The Bertz CT molecular complexity index is 670. The van der Waals surface area contributed by atoms with Crippen molar-refractivity contribution in [3.8, 4) is 0 Å². The van der Waals surface area contributed by atoms with Gasteiger partial charge in [0, 0.05) is 30.1 Å². The summed E-state index contributed by atoms with van der Waals surface area (Å²) in [6.07, 6.45) is 4.79. The highest BCUT2D eigenvalue weighted by Gasteiger charge is 2.25. The smallest absolute Gasteiger partial charge is 0.233 e. The average Bonchev–Trinajstić information content (AvgIpc) is 2.97. The van der Waals surface area contributed by atoms with Crippen LogP contribution in [0.15, 0.2) is 53.1 Å². The maximum Gasteiger partial charge on any atom is 0.233 e. The van der Waals surface area contributed by atoms with Gasteiger partial charge < -0.3 is 16.0 Å². The zero-order chi connectivity index (χ0) is 16.8. The van der Waals surface area contributed by atoms with Crippen molar-refractivity contribution in [2.24, 2.45) is 0 Å². The number of rotatable bonds is 7. The molecule has 1 amide bonds. The van der Waals surface area contributed by atoms with Crippen LogP contribution in [0.4, 0.5) is 0 Å². The maximum atomic E-state index is 11.8. The van der Waals surface area contributed by atoms with Crippen LogP contribution in [-0.2, 0) is 16.1 Å². The molecule has 1 heterocycles. The van der Waals surface area contributed by atoms with E-state index in [0.29, 0.717) is 26.1 Å². The highest BCUT2D eigenvalue weighted by molar-refractivity contribution is 8.03. The van der Waals surface area contributed by atoms with Crippen LogP contribution in [0.2, 0.25) is 0 Å². The number of amides is 1. The van der Waals surface area contributed by atoms with Gasteiger partial charge in [-0.25, -0.2) is 0 Å². The van der Waals surface area contributed by atoms with E-state index in [1.807, 2.05) is 36.4 Å². The quantitative estimate of drug-likeness (QED) is 0.703. The topological polar surface area (TPSA) is 70.2 Å². The molecule has 1 unspecified atom stereocenters. The third kappa shape index (κ3) is 4.72. The van der Waals surface area contributed by atoms with E-state index < -0.39 is 0 Å². The van der Waals surface area contributed by atoms with Crippen LogP contribution >= 0.6 is 11.8 Å². The van der Waals surface area contributed by atoms with E-state index in [1.54, 1.807) is 17.8 Å². The summed E-state index contributed by atoms with van der Waals surface area (Å²) in [6.45, 7) is 1.62. The molecule has 2 aliphatic rings. The number of ketones is 1. The van der Waals surface area contributed by atoms with Gasteiger partial charge in [-0.15, -0.1) is 11.8 Å². The molecule has 1 aliphatic carbocycles. The summed E-state index contributed by atoms with van der Waals surface area (Å²) < 4.78 is 0. The lowest BCUT2D eigenvalue weighted by Gasteiger charge is -2.12. The standard InChI is InChI=1S/C18H21N3O2S/c22-14-6-7-15-16(10-14)24-18(21-15)8-9-20-17(23)12-19-11-13-4-2-1-3-5-13/h1-7,18-19,21H,8-12H2,(H,20,23). The van der Waals surface area contributed by atoms with Gasteiger partial charge in [-0.2, -0.15) is 0 Å². The van der Waals surface area contributed by atoms with Crippen molar-refractivity contribution in [3.63, 3.8) is 0 Å². The van der Waals surface area contributed by atoms with Gasteiger partial charge in [0.05, 0.1) is 11.9 Å². The van der Waals surface area contributed by atoms with Gasteiger partial charge in [0.2, 0.25) is 5.91 Å². The number of carbonyl (C=O) groups excluding carboxylic acids is 2. The van der Waals surface area contributed by atoms with Crippen LogP contribution in [0.5, 0.6) is 0 Å². The van der Waals surface area contributed by atoms with Crippen molar-refractivity contribution in [1.29, 1.82) is 0 Å². The Labute approximate surface area is 146 Å². The lowest BCUT2D eigenvalue weighted by Crippen LogP contribution is -2.36. The molecule has 1 aromatic carbocycles. The predicted octanol–water partition coefficient (Wildman–Crippen LogP) is 1.69. The zero-order valence-electron chi connectivity index (χ0n) is 13.4. The first-order valence-corrected chi connectivity index (χ1v) is 8.97. The molecule has 6 heteroatoms. The Balaban J connectivity index is 1.29. The van der Waals surface area contributed by atoms with Crippen LogP contribution in [-0.4, -0.2) is 30.2 Å². The van der Waals surface area contributed by atoms with E-state index in [-0.39, 0.29) is 17.1 Å². The van der Waals surface area contributed by atoms with Gasteiger partial charge in [0.25, 0.3) is 0 Å². The second kappa shape index (κ2) is 8.17. The van der Waals surface area contributed by atoms with Crippen molar-refractivity contribution in [2.75, 3.05) is 13.1 Å². The summed E-state index contributed by atoms with van der Waals surface area (Å²) in [5, 5.41) is 9.68. The molecule has 1 aromatic rings. The van der Waals surface area contributed by atoms with Crippen LogP contribution in [0.1, 0.15) is 18.4 Å². The van der Waals surface area contributed by atoms with E-state index in [0.717, 1.165) is 22.6 Å². The Hall–Kier alpha value is -2.05. The Kier molecular flexibility index (Phi) is 5.72. The molecule has 0 saturated carbocycles. The summed E-state index contributed by atoms with van der Waals surface area (Å²) in [4.78, 5) is 24.3. The molecule has 1 atom stereocenters. The first-order chi connectivity index (χ1) is 11.7. The SMILES string of the molecule is O=C1C=CC2=C(C1)SC(CCNC(=O)CNCc1ccccc1)N2. The molecule has 5 nitrogen and oxygen atoms in total. The lowest BCUT2D eigenvalue weighted by molar-refractivity contribution is -0.120. The monoisotopic (exact) mass is 343 g/mol. The minimum atomic E-state index is 0.00160. The zero-order valence-corrected chi connectivity index (χ0v) is 14.2. The summed E-state index contributed by atoms with van der Waals surface area (Å²) in [6, 6.07) is 10.0. The third-order valence-electron chi connectivity index (χ3n) is 3.86. The summed E-state index contributed by atoms with van der Waals surface area (Å²) in [7, 11) is 0. The number of benzene rings is 1. The van der Waals surface area contributed by atoms with Gasteiger partial charge in [-0.3, -0.25) is 9.59 Å². The summed E-state index contributed by atoms with van der Waals surface area (Å²) >= 11 is 1.69. The first-order valence-electron chi connectivity index (χ1n) is 8.09. The Morgan fingerprint density at radius 1 is 1.25 bits per heavy atom. The molecule has 0 spiro atoms. The van der Waals surface area contributed by atoms with E-state index in [4.69, 9.17) is 0 Å². The van der Waals surface area contributed by atoms with Crippen molar-refractivity contribution < 1.29 is 9.59 Å². The minimum Gasteiger partial charge on any atom is -0.372 e. The Morgan fingerprint density at radius 3 is 2.92 bits per heavy atom. The molecule has 1 aliphatic heterocycles. The molecule has 0 aromatic heterocycles. The number of thioether (sulfide) groups is 1. The maximum absolute atomic E-state index is 11.8. The molecule has 0 fully saturated rings. The number of hydrogen-bond donors (Lipinski definition) is 3. The first kappa shape index (κ1) is 16.8. The fourth-order valence-corrected chi connectivity index (χ4v) is 3.89.